The number of rotatable bonds is 6. The molecule has 0 amide bonds. The molecular formula is C17H19IN8O. The van der Waals surface area contributed by atoms with E-state index in [1.54, 1.807) is 0 Å². The number of nitrogens with zero attached hydrogens (tertiary/aromatic N) is 6. The predicted molar refractivity (Wildman–Crippen MR) is 108 cm³/mol. The van der Waals surface area contributed by atoms with Crippen LogP contribution < -0.4 is 10.6 Å². The van der Waals surface area contributed by atoms with Crippen molar-refractivity contribution in [3.63, 3.8) is 0 Å². The Bertz CT molecular complexity index is 836. The molecule has 10 heteroatoms. The van der Waals surface area contributed by atoms with Crippen LogP contribution in [0.15, 0.2) is 18.5 Å². The van der Waals surface area contributed by atoms with Crippen LogP contribution in [0.3, 0.4) is 0 Å². The van der Waals surface area contributed by atoms with Gasteiger partial charge >= 0.3 is 0 Å². The van der Waals surface area contributed by atoms with Gasteiger partial charge in [0, 0.05) is 31.7 Å². The maximum absolute atomic E-state index is 8.78. The van der Waals surface area contributed by atoms with Crippen molar-refractivity contribution in [3.8, 4) is 6.07 Å². The molecular weight excluding hydrogens is 459 g/mol. The number of morpholine rings is 1. The molecule has 1 aliphatic heterocycles. The molecule has 1 aliphatic carbocycles. The van der Waals surface area contributed by atoms with E-state index in [-0.39, 0.29) is 11.8 Å². The Morgan fingerprint density at radius 2 is 2.15 bits per heavy atom. The van der Waals surface area contributed by atoms with Crippen LogP contribution >= 0.6 is 22.6 Å². The number of ether oxygens (including phenoxy) is 1. The van der Waals surface area contributed by atoms with Gasteiger partial charge in [-0.1, -0.05) is 0 Å². The Hall–Kier alpha value is -2.10. The molecule has 2 aliphatic rings. The first-order valence-electron chi connectivity index (χ1n) is 8.83. The van der Waals surface area contributed by atoms with Crippen LogP contribution in [0.2, 0.25) is 0 Å². The van der Waals surface area contributed by atoms with Crippen molar-refractivity contribution in [1.82, 2.24) is 25.1 Å². The Balaban J connectivity index is 1.37. The first kappa shape index (κ1) is 18.3. The molecule has 140 valence electrons. The van der Waals surface area contributed by atoms with Gasteiger partial charge < -0.3 is 15.4 Å². The lowest BCUT2D eigenvalue weighted by atomic mass is 10.2. The molecule has 4 rings (SSSR count). The van der Waals surface area contributed by atoms with Crippen LogP contribution in [0.1, 0.15) is 18.5 Å². The Kier molecular flexibility index (Phi) is 5.61. The second-order valence-electron chi connectivity index (χ2n) is 6.56. The quantitative estimate of drug-likeness (QED) is 0.600. The lowest BCUT2D eigenvalue weighted by Gasteiger charge is -2.33. The highest BCUT2D eigenvalue weighted by Crippen LogP contribution is 2.28. The molecule has 9 nitrogen and oxygen atoms in total. The second-order valence-corrected chi connectivity index (χ2v) is 7.58. The van der Waals surface area contributed by atoms with E-state index in [0.29, 0.717) is 11.6 Å². The lowest BCUT2D eigenvalue weighted by Crippen LogP contribution is -2.46. The minimum atomic E-state index is 0.170. The molecule has 2 N–H and O–H groups in total. The number of hydrogen-bond donors (Lipinski definition) is 2. The van der Waals surface area contributed by atoms with Gasteiger partial charge in [-0.2, -0.15) is 5.26 Å². The Morgan fingerprint density at radius 3 is 2.89 bits per heavy atom. The van der Waals surface area contributed by atoms with Crippen molar-refractivity contribution >= 4 is 39.9 Å². The van der Waals surface area contributed by atoms with Gasteiger partial charge in [-0.05, 0) is 35.4 Å². The third-order valence-corrected chi connectivity index (χ3v) is 5.32. The highest BCUT2D eigenvalue weighted by molar-refractivity contribution is 14.1. The van der Waals surface area contributed by atoms with Crippen molar-refractivity contribution in [2.24, 2.45) is 0 Å². The fourth-order valence-corrected chi connectivity index (χ4v) is 3.46. The minimum absolute atomic E-state index is 0.170. The second kappa shape index (κ2) is 8.28. The first-order valence-corrected chi connectivity index (χ1v) is 9.91. The summed E-state index contributed by atoms with van der Waals surface area (Å²) in [7, 11) is 0. The Labute approximate surface area is 170 Å². The van der Waals surface area contributed by atoms with Crippen molar-refractivity contribution in [3.05, 3.63) is 27.9 Å². The minimum Gasteiger partial charge on any atom is -0.380 e. The monoisotopic (exact) mass is 478 g/mol. The topological polar surface area (TPSA) is 112 Å². The van der Waals surface area contributed by atoms with E-state index in [1.165, 1.54) is 25.2 Å². The molecule has 0 spiro atoms. The summed E-state index contributed by atoms with van der Waals surface area (Å²) in [5.41, 5.74) is 1.16. The van der Waals surface area contributed by atoms with E-state index in [0.717, 1.165) is 41.7 Å². The summed E-state index contributed by atoms with van der Waals surface area (Å²) in [5.74, 6) is 1.06. The van der Waals surface area contributed by atoms with E-state index in [2.05, 4.69) is 58.3 Å². The van der Waals surface area contributed by atoms with Crippen LogP contribution in [0.4, 0.5) is 17.3 Å². The van der Waals surface area contributed by atoms with Crippen LogP contribution in [0, 0.1) is 15.0 Å². The highest BCUT2D eigenvalue weighted by atomic mass is 127. The molecule has 0 unspecified atom stereocenters. The van der Waals surface area contributed by atoms with Crippen molar-refractivity contribution in [1.29, 1.82) is 5.26 Å². The van der Waals surface area contributed by atoms with E-state index in [9.17, 15) is 0 Å². The fraction of sp³-hybridized carbons (Fsp3) is 0.471. The molecule has 2 aromatic rings. The number of nitriles is 1. The van der Waals surface area contributed by atoms with Crippen molar-refractivity contribution < 1.29 is 4.74 Å². The van der Waals surface area contributed by atoms with Crippen molar-refractivity contribution in [2.45, 2.75) is 25.0 Å². The molecule has 2 fully saturated rings. The molecule has 3 heterocycles. The third kappa shape index (κ3) is 4.79. The van der Waals surface area contributed by atoms with Gasteiger partial charge in [0.1, 0.15) is 15.6 Å². The molecule has 0 radical (unpaired) electrons. The molecule has 1 atom stereocenters. The zero-order valence-electron chi connectivity index (χ0n) is 14.6. The molecule has 2 aromatic heterocycles. The molecule has 0 bridgehead atoms. The molecule has 0 aromatic carbocycles. The van der Waals surface area contributed by atoms with Gasteiger partial charge in [-0.25, -0.2) is 9.97 Å². The van der Waals surface area contributed by atoms with Gasteiger partial charge in [0.2, 0.25) is 0 Å². The molecule has 27 heavy (non-hydrogen) atoms. The van der Waals surface area contributed by atoms with E-state index in [1.807, 2.05) is 12.1 Å². The largest absolute Gasteiger partial charge is 0.380 e. The first-order chi connectivity index (χ1) is 13.2. The lowest BCUT2D eigenvalue weighted by molar-refractivity contribution is -0.0241. The maximum Gasteiger partial charge on any atom is 0.158 e. The zero-order chi connectivity index (χ0) is 18.6. The Morgan fingerprint density at radius 1 is 1.26 bits per heavy atom. The number of aromatic nitrogens is 4. The van der Waals surface area contributed by atoms with Crippen LogP contribution in [-0.4, -0.2) is 63.5 Å². The van der Waals surface area contributed by atoms with Crippen LogP contribution in [0.5, 0.6) is 0 Å². The van der Waals surface area contributed by atoms with Gasteiger partial charge in [0.15, 0.2) is 11.5 Å². The van der Waals surface area contributed by atoms with E-state index >= 15 is 0 Å². The van der Waals surface area contributed by atoms with Gasteiger partial charge in [0.05, 0.1) is 30.8 Å². The molecule has 1 saturated carbocycles. The molecule has 1 saturated heterocycles. The van der Waals surface area contributed by atoms with Crippen LogP contribution in [-0.2, 0) is 4.74 Å². The number of halogens is 1. The summed E-state index contributed by atoms with van der Waals surface area (Å²) in [6.07, 6.45) is 5.71. The van der Waals surface area contributed by atoms with Gasteiger partial charge in [0.25, 0.3) is 0 Å². The number of anilines is 3. The fourth-order valence-electron chi connectivity index (χ4n) is 3.00. The smallest absolute Gasteiger partial charge is 0.158 e. The van der Waals surface area contributed by atoms with Gasteiger partial charge in [-0.15, -0.1) is 10.2 Å². The zero-order valence-corrected chi connectivity index (χ0v) is 16.8. The predicted octanol–water partition coefficient (Wildman–Crippen LogP) is 1.76. The highest BCUT2D eigenvalue weighted by Gasteiger charge is 2.32. The summed E-state index contributed by atoms with van der Waals surface area (Å²) >= 11 is 2.16. The number of nitrogens with one attached hydrogen (secondary N) is 2. The summed E-state index contributed by atoms with van der Waals surface area (Å²) in [6.45, 7) is 3.52. The summed E-state index contributed by atoms with van der Waals surface area (Å²) in [6, 6.07) is 4.59. The van der Waals surface area contributed by atoms with E-state index < -0.39 is 0 Å². The summed E-state index contributed by atoms with van der Waals surface area (Å²) in [4.78, 5) is 10.6. The van der Waals surface area contributed by atoms with Crippen LogP contribution in [0.25, 0.3) is 0 Å². The van der Waals surface area contributed by atoms with Crippen molar-refractivity contribution in [2.75, 3.05) is 36.9 Å². The number of hydrogen-bond acceptors (Lipinski definition) is 9. The average Bonchev–Trinajstić information content (AvgIpc) is 3.55. The van der Waals surface area contributed by atoms with E-state index in [4.69, 9.17) is 10.00 Å². The summed E-state index contributed by atoms with van der Waals surface area (Å²) in [5, 5.41) is 23.6. The standard InChI is InChI=1S/C17H19IN8O/c18-17-14(21-8-13-10-26(3-4-27-13)12-1-2-12)5-15(24-25-17)23-16-9-20-11(6-19)7-22-16/h5,7,9,12-13H,1-4,8,10H2,(H2,21,22,23,24)/t13-/m0/s1. The third-order valence-electron chi connectivity index (χ3n) is 4.53. The maximum atomic E-state index is 8.78. The van der Waals surface area contributed by atoms with Gasteiger partial charge in [-0.3, -0.25) is 4.90 Å². The normalized spacial score (nSPS) is 20.1. The average molecular weight is 478 g/mol. The summed E-state index contributed by atoms with van der Waals surface area (Å²) < 4.78 is 6.68. The SMILES string of the molecule is N#Cc1cnc(Nc2cc(NC[C@H]3CN(C4CC4)CCO3)c(I)nn2)cn1.